The quantitative estimate of drug-likeness (QED) is 0.796. The molecule has 1 aromatic carbocycles. The van der Waals surface area contributed by atoms with Crippen LogP contribution in [0.4, 0.5) is 5.69 Å². The molecule has 0 saturated carbocycles. The second-order valence-corrected chi connectivity index (χ2v) is 4.77. The van der Waals surface area contributed by atoms with Gasteiger partial charge in [0.15, 0.2) is 17.5 Å². The van der Waals surface area contributed by atoms with Gasteiger partial charge in [-0.2, -0.15) is 0 Å². The number of ether oxygens (including phenoxy) is 1. The van der Waals surface area contributed by atoms with Crippen LogP contribution in [0.5, 0.6) is 0 Å². The molecule has 2 rings (SSSR count). The lowest BCUT2D eigenvalue weighted by atomic mass is 9.90. The molecule has 5 nitrogen and oxygen atoms in total. The summed E-state index contributed by atoms with van der Waals surface area (Å²) in [5, 5.41) is 9.31. The molecule has 1 aliphatic rings. The van der Waals surface area contributed by atoms with Crippen LogP contribution in [-0.2, 0) is 19.9 Å². The number of carboxylic acid groups (broad SMARTS) is 1. The Hall–Kier alpha value is -1.59. The number of rotatable bonds is 2. The second-order valence-electron chi connectivity index (χ2n) is 4.34. The fraction of sp³-hybridized carbons (Fsp3) is 0.333. The topological polar surface area (TPSA) is 89.6 Å². The number of Topliss-reactive ketones (excluding diaryl/α,β-unsaturated/α-hetero) is 1. The van der Waals surface area contributed by atoms with Crippen LogP contribution in [0.15, 0.2) is 18.2 Å². The van der Waals surface area contributed by atoms with Gasteiger partial charge in [-0.15, -0.1) is 0 Å². The number of ketones is 1. The first kappa shape index (κ1) is 12.9. The summed E-state index contributed by atoms with van der Waals surface area (Å²) in [6.07, 6.45) is -1.31. The van der Waals surface area contributed by atoms with Crippen molar-refractivity contribution in [3.63, 3.8) is 0 Å². The minimum atomic E-state index is -1.35. The fourth-order valence-electron chi connectivity index (χ4n) is 2.05. The standard InChI is InChI=1S/C12H12ClNO4/c1-12(7-4-6(13)2-3-8(7)14)10(15)5-9(18-12)11(16)17/h2-4,9H,5,14H2,1H3,(H,16,17). The van der Waals surface area contributed by atoms with Crippen molar-refractivity contribution in [3.05, 3.63) is 28.8 Å². The Morgan fingerprint density at radius 3 is 2.83 bits per heavy atom. The van der Waals surface area contributed by atoms with E-state index in [4.69, 9.17) is 27.2 Å². The summed E-state index contributed by atoms with van der Waals surface area (Å²) in [6.45, 7) is 1.51. The predicted octanol–water partition coefficient (Wildman–Crippen LogP) is 1.58. The lowest BCUT2D eigenvalue weighted by molar-refractivity contribution is -0.155. The van der Waals surface area contributed by atoms with E-state index in [0.717, 1.165) is 0 Å². The highest BCUT2D eigenvalue weighted by Gasteiger charge is 2.49. The van der Waals surface area contributed by atoms with Gasteiger partial charge in [0.05, 0.1) is 0 Å². The van der Waals surface area contributed by atoms with Crippen LogP contribution >= 0.6 is 11.6 Å². The van der Waals surface area contributed by atoms with Crippen LogP contribution in [0.25, 0.3) is 0 Å². The van der Waals surface area contributed by atoms with Gasteiger partial charge in [0.1, 0.15) is 0 Å². The van der Waals surface area contributed by atoms with Gasteiger partial charge >= 0.3 is 5.97 Å². The van der Waals surface area contributed by atoms with Crippen LogP contribution < -0.4 is 5.73 Å². The van der Waals surface area contributed by atoms with Gasteiger partial charge in [-0.25, -0.2) is 4.79 Å². The number of benzene rings is 1. The molecule has 1 heterocycles. The summed E-state index contributed by atoms with van der Waals surface area (Å²) in [6, 6.07) is 4.69. The molecule has 0 bridgehead atoms. The monoisotopic (exact) mass is 269 g/mol. The highest BCUT2D eigenvalue weighted by molar-refractivity contribution is 6.30. The Morgan fingerprint density at radius 1 is 1.61 bits per heavy atom. The van der Waals surface area contributed by atoms with Crippen LogP contribution in [0.1, 0.15) is 18.9 Å². The van der Waals surface area contributed by atoms with E-state index < -0.39 is 17.7 Å². The van der Waals surface area contributed by atoms with E-state index in [1.807, 2.05) is 0 Å². The minimum absolute atomic E-state index is 0.169. The van der Waals surface area contributed by atoms with E-state index in [1.54, 1.807) is 12.1 Å². The number of halogens is 1. The van der Waals surface area contributed by atoms with E-state index >= 15 is 0 Å². The normalized spacial score (nSPS) is 27.4. The first-order valence-electron chi connectivity index (χ1n) is 5.34. The maximum absolute atomic E-state index is 12.0. The Labute approximate surface area is 108 Å². The van der Waals surface area contributed by atoms with Gasteiger partial charge in [0.2, 0.25) is 0 Å². The number of anilines is 1. The lowest BCUT2D eigenvalue weighted by Gasteiger charge is -2.24. The zero-order valence-corrected chi connectivity index (χ0v) is 10.4. The van der Waals surface area contributed by atoms with Gasteiger partial charge in [0, 0.05) is 22.7 Å². The van der Waals surface area contributed by atoms with Crippen molar-refractivity contribution in [2.75, 3.05) is 5.73 Å². The van der Waals surface area contributed by atoms with Crippen molar-refractivity contribution in [3.8, 4) is 0 Å². The summed E-state index contributed by atoms with van der Waals surface area (Å²) in [7, 11) is 0. The molecule has 1 aliphatic heterocycles. The molecular formula is C12H12ClNO4. The second kappa shape index (κ2) is 4.26. The van der Waals surface area contributed by atoms with Crippen LogP contribution in [0.3, 0.4) is 0 Å². The molecule has 1 saturated heterocycles. The molecule has 1 fully saturated rings. The van der Waals surface area contributed by atoms with Crippen LogP contribution in [-0.4, -0.2) is 23.0 Å². The van der Waals surface area contributed by atoms with Crippen molar-refractivity contribution < 1.29 is 19.4 Å². The smallest absolute Gasteiger partial charge is 0.333 e. The third-order valence-electron chi connectivity index (χ3n) is 3.09. The van der Waals surface area contributed by atoms with E-state index in [1.165, 1.54) is 13.0 Å². The Kier molecular flexibility index (Phi) is 3.04. The molecule has 6 heteroatoms. The molecule has 2 unspecified atom stereocenters. The molecule has 0 spiro atoms. The summed E-state index contributed by atoms with van der Waals surface area (Å²) < 4.78 is 5.36. The van der Waals surface area contributed by atoms with E-state index in [9.17, 15) is 9.59 Å². The first-order chi connectivity index (χ1) is 8.34. The van der Waals surface area contributed by atoms with Gasteiger partial charge in [0.25, 0.3) is 0 Å². The molecule has 18 heavy (non-hydrogen) atoms. The summed E-state index contributed by atoms with van der Waals surface area (Å²) >= 11 is 5.87. The Morgan fingerprint density at radius 2 is 2.28 bits per heavy atom. The lowest BCUT2D eigenvalue weighted by Crippen LogP contribution is -2.31. The average Bonchev–Trinajstić information content (AvgIpc) is 2.60. The molecule has 3 N–H and O–H groups in total. The maximum Gasteiger partial charge on any atom is 0.333 e. The number of nitrogens with two attached hydrogens (primary N) is 1. The number of carbonyl (C=O) groups is 2. The maximum atomic E-state index is 12.0. The summed E-state index contributed by atoms with van der Waals surface area (Å²) in [4.78, 5) is 22.9. The predicted molar refractivity (Wildman–Crippen MR) is 65.3 cm³/mol. The Bertz CT molecular complexity index is 531. The number of carboxylic acids is 1. The molecule has 0 radical (unpaired) electrons. The van der Waals surface area contributed by atoms with Crippen molar-refractivity contribution in [2.45, 2.75) is 25.0 Å². The molecule has 1 aromatic rings. The van der Waals surface area contributed by atoms with Gasteiger partial charge < -0.3 is 15.6 Å². The first-order valence-corrected chi connectivity index (χ1v) is 5.72. The van der Waals surface area contributed by atoms with Crippen molar-refractivity contribution >= 4 is 29.0 Å². The minimum Gasteiger partial charge on any atom is -0.479 e. The van der Waals surface area contributed by atoms with E-state index in [2.05, 4.69) is 0 Å². The molecule has 2 atom stereocenters. The van der Waals surface area contributed by atoms with Crippen LogP contribution in [0.2, 0.25) is 5.02 Å². The third kappa shape index (κ3) is 1.95. The van der Waals surface area contributed by atoms with E-state index in [0.29, 0.717) is 16.3 Å². The number of aliphatic carboxylic acids is 1. The van der Waals surface area contributed by atoms with Gasteiger partial charge in [-0.1, -0.05) is 11.6 Å². The number of carbonyl (C=O) groups excluding carboxylic acids is 1. The average molecular weight is 270 g/mol. The largest absolute Gasteiger partial charge is 0.479 e. The highest BCUT2D eigenvalue weighted by Crippen LogP contribution is 2.39. The van der Waals surface area contributed by atoms with Crippen LogP contribution in [0, 0.1) is 0 Å². The summed E-state index contributed by atoms with van der Waals surface area (Å²) in [5.74, 6) is -1.48. The highest BCUT2D eigenvalue weighted by atomic mass is 35.5. The number of nitrogen functional groups attached to an aromatic ring is 1. The summed E-state index contributed by atoms with van der Waals surface area (Å²) in [5.41, 5.74) is 5.21. The fourth-order valence-corrected chi connectivity index (χ4v) is 2.22. The van der Waals surface area contributed by atoms with E-state index in [-0.39, 0.29) is 12.2 Å². The zero-order chi connectivity index (χ0) is 13.5. The van der Waals surface area contributed by atoms with Gasteiger partial charge in [-0.3, -0.25) is 4.79 Å². The van der Waals surface area contributed by atoms with Crippen molar-refractivity contribution in [1.29, 1.82) is 0 Å². The number of hydrogen-bond acceptors (Lipinski definition) is 4. The number of hydrogen-bond donors (Lipinski definition) is 2. The van der Waals surface area contributed by atoms with Crippen molar-refractivity contribution in [1.82, 2.24) is 0 Å². The molecular weight excluding hydrogens is 258 g/mol. The molecule has 96 valence electrons. The SMILES string of the molecule is CC1(c2cc(Cl)ccc2N)OC(C(=O)O)CC1=O. The molecule has 0 aromatic heterocycles. The van der Waals surface area contributed by atoms with Gasteiger partial charge in [-0.05, 0) is 25.1 Å². The zero-order valence-electron chi connectivity index (χ0n) is 9.64. The molecule has 0 amide bonds. The third-order valence-corrected chi connectivity index (χ3v) is 3.32. The van der Waals surface area contributed by atoms with Crippen molar-refractivity contribution in [2.24, 2.45) is 0 Å². The molecule has 0 aliphatic carbocycles. The Balaban J connectivity index is 2.46.